The Labute approximate surface area is 105 Å². The maximum atomic E-state index is 13.4. The molecule has 1 atom stereocenters. The number of hydrogen-bond donors (Lipinski definition) is 1. The first kappa shape index (κ1) is 12.6. The highest BCUT2D eigenvalue weighted by molar-refractivity contribution is 5.40. The number of imidazole rings is 1. The van der Waals surface area contributed by atoms with Gasteiger partial charge in [-0.15, -0.1) is 0 Å². The fourth-order valence-electron chi connectivity index (χ4n) is 1.98. The van der Waals surface area contributed by atoms with Crippen molar-refractivity contribution in [2.24, 2.45) is 7.05 Å². The Morgan fingerprint density at radius 3 is 2.78 bits per heavy atom. The molecule has 0 aliphatic heterocycles. The van der Waals surface area contributed by atoms with Gasteiger partial charge in [-0.25, -0.2) is 9.37 Å². The molecular formula is C13H16FN3O. The summed E-state index contributed by atoms with van der Waals surface area (Å²) in [6.45, 7) is 0. The number of methoxy groups -OCH3 is 1. The summed E-state index contributed by atoms with van der Waals surface area (Å²) in [5.74, 6) is 0.350. The maximum absolute atomic E-state index is 13.4. The van der Waals surface area contributed by atoms with Crippen LogP contribution in [-0.4, -0.2) is 23.7 Å². The molecule has 1 unspecified atom stereocenters. The quantitative estimate of drug-likeness (QED) is 0.899. The molecule has 0 saturated carbocycles. The minimum Gasteiger partial charge on any atom is -0.496 e. The third-order valence-corrected chi connectivity index (χ3v) is 2.81. The minimum atomic E-state index is -0.290. The van der Waals surface area contributed by atoms with Gasteiger partial charge in [-0.3, -0.25) is 0 Å². The van der Waals surface area contributed by atoms with Gasteiger partial charge in [-0.2, -0.15) is 0 Å². The Morgan fingerprint density at radius 1 is 1.44 bits per heavy atom. The summed E-state index contributed by atoms with van der Waals surface area (Å²) in [4.78, 5) is 4.29. The predicted octanol–water partition coefficient (Wildman–Crippen LogP) is 1.88. The largest absolute Gasteiger partial charge is 0.496 e. The first-order valence-corrected chi connectivity index (χ1v) is 5.64. The lowest BCUT2D eigenvalue weighted by atomic mass is 10.0. The first-order chi connectivity index (χ1) is 8.65. The molecule has 0 spiro atoms. The number of nitrogens with zero attached hydrogens (tertiary/aromatic N) is 2. The summed E-state index contributed by atoms with van der Waals surface area (Å²) < 4.78 is 20.5. The Bertz CT molecular complexity index is 539. The smallest absolute Gasteiger partial charge is 0.124 e. The van der Waals surface area contributed by atoms with E-state index in [1.54, 1.807) is 19.5 Å². The van der Waals surface area contributed by atoms with E-state index < -0.39 is 0 Å². The first-order valence-electron chi connectivity index (χ1n) is 5.64. The van der Waals surface area contributed by atoms with Gasteiger partial charge in [0.1, 0.15) is 11.6 Å². The van der Waals surface area contributed by atoms with E-state index >= 15 is 0 Å². The number of halogens is 1. The van der Waals surface area contributed by atoms with Crippen molar-refractivity contribution in [3.8, 4) is 5.75 Å². The van der Waals surface area contributed by atoms with E-state index in [4.69, 9.17) is 4.74 Å². The fourth-order valence-corrected chi connectivity index (χ4v) is 1.98. The lowest BCUT2D eigenvalue weighted by molar-refractivity contribution is 0.403. The number of hydrogen-bond acceptors (Lipinski definition) is 3. The topological polar surface area (TPSA) is 39.1 Å². The Balaban J connectivity index is 2.47. The highest BCUT2D eigenvalue weighted by atomic mass is 19.1. The zero-order valence-electron chi connectivity index (χ0n) is 10.6. The van der Waals surface area contributed by atoms with Crippen molar-refractivity contribution in [1.29, 1.82) is 0 Å². The van der Waals surface area contributed by atoms with Crippen LogP contribution in [0.2, 0.25) is 0 Å². The summed E-state index contributed by atoms with van der Waals surface area (Å²) in [6, 6.07) is 4.27. The van der Waals surface area contributed by atoms with E-state index in [0.29, 0.717) is 5.75 Å². The summed E-state index contributed by atoms with van der Waals surface area (Å²) in [5, 5.41) is 3.13. The molecule has 5 heteroatoms. The Morgan fingerprint density at radius 2 is 2.22 bits per heavy atom. The van der Waals surface area contributed by atoms with E-state index in [0.717, 1.165) is 11.3 Å². The molecule has 96 valence electrons. The van der Waals surface area contributed by atoms with Crippen molar-refractivity contribution in [3.05, 3.63) is 47.8 Å². The molecule has 1 aromatic heterocycles. The molecular weight excluding hydrogens is 233 g/mol. The molecule has 1 aromatic carbocycles. The van der Waals surface area contributed by atoms with Crippen LogP contribution in [0.1, 0.15) is 17.3 Å². The molecule has 4 nitrogen and oxygen atoms in total. The average molecular weight is 249 g/mol. The van der Waals surface area contributed by atoms with Crippen molar-refractivity contribution in [2.75, 3.05) is 14.2 Å². The molecule has 0 amide bonds. The molecule has 2 rings (SSSR count). The summed E-state index contributed by atoms with van der Waals surface area (Å²) in [7, 11) is 5.28. The van der Waals surface area contributed by atoms with Gasteiger partial charge in [0, 0.05) is 18.8 Å². The maximum Gasteiger partial charge on any atom is 0.124 e. The standard InChI is InChI=1S/C13H16FN3O/c1-15-13(11-7-17(2)8-16-11)10-6-9(14)4-5-12(10)18-3/h4-8,13,15H,1-3H3. The van der Waals surface area contributed by atoms with Gasteiger partial charge < -0.3 is 14.6 Å². The molecule has 0 aliphatic rings. The number of nitrogens with one attached hydrogen (secondary N) is 1. The van der Waals surface area contributed by atoms with E-state index in [-0.39, 0.29) is 11.9 Å². The van der Waals surface area contributed by atoms with Gasteiger partial charge in [-0.05, 0) is 25.2 Å². The van der Waals surface area contributed by atoms with Crippen LogP contribution in [-0.2, 0) is 7.05 Å². The monoisotopic (exact) mass is 249 g/mol. The number of rotatable bonds is 4. The van der Waals surface area contributed by atoms with Gasteiger partial charge >= 0.3 is 0 Å². The molecule has 0 saturated heterocycles. The van der Waals surface area contributed by atoms with Gasteiger partial charge in [0.25, 0.3) is 0 Å². The van der Waals surface area contributed by atoms with Crippen LogP contribution in [0.3, 0.4) is 0 Å². The van der Waals surface area contributed by atoms with Crippen LogP contribution < -0.4 is 10.1 Å². The van der Waals surface area contributed by atoms with Gasteiger partial charge in [-0.1, -0.05) is 0 Å². The highest BCUT2D eigenvalue weighted by Gasteiger charge is 2.19. The second kappa shape index (κ2) is 5.18. The third-order valence-electron chi connectivity index (χ3n) is 2.81. The van der Waals surface area contributed by atoms with Crippen molar-refractivity contribution in [3.63, 3.8) is 0 Å². The van der Waals surface area contributed by atoms with E-state index in [1.807, 2.05) is 24.9 Å². The Hall–Kier alpha value is -1.88. The minimum absolute atomic E-state index is 0.197. The number of aryl methyl sites for hydroxylation is 1. The van der Waals surface area contributed by atoms with Crippen LogP contribution >= 0.6 is 0 Å². The van der Waals surface area contributed by atoms with Crippen molar-refractivity contribution in [2.45, 2.75) is 6.04 Å². The molecule has 0 fully saturated rings. The zero-order chi connectivity index (χ0) is 13.1. The molecule has 0 radical (unpaired) electrons. The van der Waals surface area contributed by atoms with Crippen LogP contribution in [0.5, 0.6) is 5.75 Å². The van der Waals surface area contributed by atoms with Crippen LogP contribution in [0.15, 0.2) is 30.7 Å². The molecule has 1 N–H and O–H groups in total. The highest BCUT2D eigenvalue weighted by Crippen LogP contribution is 2.29. The second-order valence-electron chi connectivity index (χ2n) is 4.07. The van der Waals surface area contributed by atoms with Crippen molar-refractivity contribution in [1.82, 2.24) is 14.9 Å². The van der Waals surface area contributed by atoms with E-state index in [2.05, 4.69) is 10.3 Å². The molecule has 2 aromatic rings. The van der Waals surface area contributed by atoms with E-state index in [1.165, 1.54) is 12.1 Å². The fraction of sp³-hybridized carbons (Fsp3) is 0.308. The SMILES string of the molecule is CNC(c1cn(C)cn1)c1cc(F)ccc1OC. The summed E-state index contributed by atoms with van der Waals surface area (Å²) in [6.07, 6.45) is 3.61. The summed E-state index contributed by atoms with van der Waals surface area (Å²) in [5.41, 5.74) is 1.56. The molecule has 18 heavy (non-hydrogen) atoms. The van der Waals surface area contributed by atoms with Crippen LogP contribution in [0, 0.1) is 5.82 Å². The van der Waals surface area contributed by atoms with Crippen LogP contribution in [0.4, 0.5) is 4.39 Å². The molecule has 0 aliphatic carbocycles. The lowest BCUT2D eigenvalue weighted by Gasteiger charge is -2.17. The normalized spacial score (nSPS) is 12.4. The zero-order valence-corrected chi connectivity index (χ0v) is 10.6. The third kappa shape index (κ3) is 2.36. The van der Waals surface area contributed by atoms with Crippen molar-refractivity contribution < 1.29 is 9.13 Å². The van der Waals surface area contributed by atoms with Gasteiger partial charge in [0.05, 0.1) is 25.2 Å². The van der Waals surface area contributed by atoms with Gasteiger partial charge in [0.2, 0.25) is 0 Å². The van der Waals surface area contributed by atoms with Crippen molar-refractivity contribution >= 4 is 0 Å². The lowest BCUT2D eigenvalue weighted by Crippen LogP contribution is -2.19. The second-order valence-corrected chi connectivity index (χ2v) is 4.07. The predicted molar refractivity (Wildman–Crippen MR) is 67.1 cm³/mol. The molecule has 0 bridgehead atoms. The molecule has 1 heterocycles. The average Bonchev–Trinajstić information content (AvgIpc) is 2.77. The number of benzene rings is 1. The number of ether oxygens (including phenoxy) is 1. The Kier molecular flexibility index (Phi) is 3.62. The van der Waals surface area contributed by atoms with E-state index in [9.17, 15) is 4.39 Å². The number of aromatic nitrogens is 2. The van der Waals surface area contributed by atoms with Gasteiger partial charge in [0.15, 0.2) is 0 Å². The summed E-state index contributed by atoms with van der Waals surface area (Å²) >= 11 is 0. The van der Waals surface area contributed by atoms with Crippen LogP contribution in [0.25, 0.3) is 0 Å².